The first-order valence-electron chi connectivity index (χ1n) is 0.428. The Bertz CT molecular complexity index is 17.2. The molecule has 6 heteroatoms. The van der Waals surface area contributed by atoms with E-state index >= 15 is 0 Å². The van der Waals surface area contributed by atoms with E-state index in [4.69, 9.17) is 9.90 Å². The van der Waals surface area contributed by atoms with Crippen LogP contribution in [-0.2, 0) is 44.4 Å². The van der Waals surface area contributed by atoms with Crippen LogP contribution < -0.4 is 0 Å². The van der Waals surface area contributed by atoms with Gasteiger partial charge < -0.3 is 20.9 Å². The summed E-state index contributed by atoms with van der Waals surface area (Å²) in [4.78, 5) is 8.24. The van der Waals surface area contributed by atoms with Crippen molar-refractivity contribution in [2.24, 2.45) is 0 Å². The molecule has 0 amide bonds. The van der Waals surface area contributed by atoms with E-state index in [1.165, 1.54) is 0 Å². The van der Waals surface area contributed by atoms with E-state index < -0.39 is 0 Å². The predicted molar refractivity (Wildman–Crippen MR) is 10.9 cm³/mol. The summed E-state index contributed by atoms with van der Waals surface area (Å²) in [6.07, 6.45) is 0. The van der Waals surface area contributed by atoms with E-state index in [1.54, 1.807) is 0 Å². The zero-order valence-electron chi connectivity index (χ0n) is 2.97. The third-order valence-corrected chi connectivity index (χ3v) is 0. The Morgan fingerprint density at radius 2 is 1.29 bits per heavy atom. The molecule has 2 N–H and O–H groups in total. The molecule has 0 unspecified atom stereocenters. The smallest absolute Gasteiger partial charge is 2.00 e. The Kier molecular flexibility index (Phi) is 690. The van der Waals surface area contributed by atoms with Crippen molar-refractivity contribution in [1.82, 2.24) is 0 Å². The van der Waals surface area contributed by atoms with E-state index in [-0.39, 0.29) is 45.1 Å². The van der Waals surface area contributed by atoms with Gasteiger partial charge in [-0.2, -0.15) is 0 Å². The molecule has 0 rings (SSSR count). The van der Waals surface area contributed by atoms with Gasteiger partial charge in [-0.15, -0.1) is 0 Å². The fourth-order valence-corrected chi connectivity index (χ4v) is 0. The van der Waals surface area contributed by atoms with Crippen molar-refractivity contribution < 1.29 is 55.0 Å². The maximum Gasteiger partial charge on any atom is 2.00 e. The van der Waals surface area contributed by atoms with Gasteiger partial charge in [-0.05, 0) is 0 Å². The summed E-state index contributed by atoms with van der Waals surface area (Å²) >= 11 is 0. The van der Waals surface area contributed by atoms with Gasteiger partial charge in [0.2, 0.25) is 0 Å². The number of aliphatic hydroxyl groups excluding tert-OH is 1. The van der Waals surface area contributed by atoms with E-state index in [2.05, 4.69) is 0 Å². The molecular weight excluding hydrogens is 186 g/mol. The van der Waals surface area contributed by atoms with Crippen molar-refractivity contribution in [3.63, 3.8) is 0 Å². The quantitative estimate of drug-likeness (QED) is 0.402. The number of rotatable bonds is 0. The number of hydrogen-bond acceptors (Lipinski definition) is 2. The van der Waals surface area contributed by atoms with Gasteiger partial charge in [0.1, 0.15) is 0 Å². The van der Waals surface area contributed by atoms with E-state index in [0.29, 0.717) is 6.47 Å². The minimum atomic E-state index is 0. The van der Waals surface area contributed by atoms with E-state index in [1.807, 2.05) is 0 Å². The van der Waals surface area contributed by atoms with Crippen LogP contribution >= 0.6 is 0 Å². The largest absolute Gasteiger partial charge is 2.00 e. The van der Waals surface area contributed by atoms with Crippen molar-refractivity contribution in [1.29, 1.82) is 0 Å². The second kappa shape index (κ2) is 92.8. The zero-order valence-corrected chi connectivity index (χ0v) is 5.33. The summed E-state index contributed by atoms with van der Waals surface area (Å²) in [6, 6.07) is 0. The Labute approximate surface area is 61.8 Å². The summed E-state index contributed by atoms with van der Waals surface area (Å²) in [6.45, 7) is 0.500. The van der Waals surface area contributed by atoms with Crippen LogP contribution in [0.1, 0.15) is 0 Å². The Balaban J connectivity index is -0.00000000333. The fraction of sp³-hybridized carbons (Fsp3) is 0. The molecule has 44 valence electrons. The van der Waals surface area contributed by atoms with Crippen LogP contribution in [0, 0.1) is 0 Å². The molecule has 0 fully saturated rings. The van der Waals surface area contributed by atoms with Crippen molar-refractivity contribution in [3.8, 4) is 0 Å². The second-order valence-electron chi connectivity index (χ2n) is 0.0913. The maximum atomic E-state index is 8.24. The number of hydrogen-bond donors (Lipinski definition) is 1. The van der Waals surface area contributed by atoms with E-state index in [0.717, 1.165) is 0 Å². The van der Waals surface area contributed by atoms with Gasteiger partial charge >= 0.3 is 34.1 Å². The fourth-order valence-electron chi connectivity index (χ4n) is 0. The van der Waals surface area contributed by atoms with Crippen molar-refractivity contribution in [2.75, 3.05) is 0 Å². The van der Waals surface area contributed by atoms with Crippen LogP contribution in [0.25, 0.3) is 0 Å². The van der Waals surface area contributed by atoms with Crippen LogP contribution in [0.2, 0.25) is 0 Å². The topological polar surface area (TPSA) is 95.8 Å². The van der Waals surface area contributed by atoms with Gasteiger partial charge in [0.25, 0.3) is 0 Å². The molecule has 2 radical (unpaired) electrons. The standard InChI is InChI=1S/CHO2.2Mn.H2O.O/c2-1-3;;;;/h(H,2,3);;;1H2;/q-1;2*+2;;-2/p-1. The molecule has 0 aliphatic carbocycles. The average molecular weight is 188 g/mol. The summed E-state index contributed by atoms with van der Waals surface area (Å²) < 4.78 is 0. The first-order valence-corrected chi connectivity index (χ1v) is 0.428. The molecule has 0 aliphatic heterocycles. The average Bonchev–Trinajstić information content (AvgIpc) is 0.918. The van der Waals surface area contributed by atoms with Crippen LogP contribution in [-0.4, -0.2) is 17.1 Å². The summed E-state index contributed by atoms with van der Waals surface area (Å²) in [7, 11) is 0. The second-order valence-corrected chi connectivity index (χ2v) is 0.0913. The van der Waals surface area contributed by atoms with Crippen molar-refractivity contribution >= 4 is 6.47 Å². The Hall–Kier alpha value is 0.429. The Morgan fingerprint density at radius 3 is 1.29 bits per heavy atom. The molecule has 0 heterocycles. The maximum absolute atomic E-state index is 8.24. The van der Waals surface area contributed by atoms with Gasteiger partial charge in [0, 0.05) is 0 Å². The minimum absolute atomic E-state index is 0. The minimum Gasteiger partial charge on any atom is -2.00 e. The van der Waals surface area contributed by atoms with Crippen LogP contribution in [0.15, 0.2) is 0 Å². The van der Waals surface area contributed by atoms with Gasteiger partial charge in [-0.1, -0.05) is 6.47 Å². The molecule has 0 atom stereocenters. The normalized spacial score (nSPS) is 1.71. The molecule has 0 saturated carbocycles. The first-order chi connectivity index (χ1) is 1.41. The summed E-state index contributed by atoms with van der Waals surface area (Å²) in [5.74, 6) is 0. The van der Waals surface area contributed by atoms with Gasteiger partial charge in [-0.25, -0.2) is 0 Å². The van der Waals surface area contributed by atoms with E-state index in [9.17, 15) is 0 Å². The molecule has 0 saturated heterocycles. The molecule has 0 aromatic carbocycles. The molecule has 0 spiro atoms. The van der Waals surface area contributed by atoms with Crippen molar-refractivity contribution in [2.45, 2.75) is 0 Å². The van der Waals surface area contributed by atoms with Gasteiger partial charge in [0.15, 0.2) is 0 Å². The zero-order chi connectivity index (χ0) is 2.71. The molecule has 0 bridgehead atoms. The molecular formula is CH2Mn2O4. The molecule has 4 nitrogen and oxygen atoms in total. The molecule has 0 aromatic rings. The van der Waals surface area contributed by atoms with Gasteiger partial charge in [0.05, 0.1) is 0 Å². The first kappa shape index (κ1) is 52.0. The molecule has 0 aliphatic rings. The molecule has 0 aromatic heterocycles. The van der Waals surface area contributed by atoms with Crippen molar-refractivity contribution in [3.05, 3.63) is 0 Å². The third-order valence-electron chi connectivity index (χ3n) is 0. The van der Waals surface area contributed by atoms with Crippen LogP contribution in [0.5, 0.6) is 0 Å². The summed E-state index contributed by atoms with van der Waals surface area (Å²) in [5, 5.41) is 6.76. The third kappa shape index (κ3) is 685. The SMILES string of the molecule is O=[C-]O.[Mn+2].[Mn+2].[O-2].[OH-]. The molecule has 7 heavy (non-hydrogen) atoms. The van der Waals surface area contributed by atoms with Gasteiger partial charge in [-0.3, -0.25) is 0 Å². The Morgan fingerprint density at radius 1 is 1.29 bits per heavy atom. The van der Waals surface area contributed by atoms with Crippen LogP contribution in [0.3, 0.4) is 0 Å². The monoisotopic (exact) mass is 188 g/mol. The predicted octanol–water partition coefficient (Wildman–Crippen LogP) is -0.689. The van der Waals surface area contributed by atoms with Crippen LogP contribution in [0.4, 0.5) is 0 Å². The summed E-state index contributed by atoms with van der Waals surface area (Å²) in [5.41, 5.74) is 0.